The molecule has 0 atom stereocenters. The van der Waals surface area contributed by atoms with Crippen LogP contribution in [0.2, 0.25) is 0 Å². The maximum absolute atomic E-state index is 9.42. The number of aliphatic imine (C=N–C) groups is 1. The van der Waals surface area contributed by atoms with Gasteiger partial charge in [-0.2, -0.15) is 26.0 Å². The summed E-state index contributed by atoms with van der Waals surface area (Å²) in [5, 5.41) is 37.0. The van der Waals surface area contributed by atoms with E-state index >= 15 is 0 Å². The molecule has 130 valence electrons. The number of methoxy groups -OCH3 is 1. The second kappa shape index (κ2) is 8.22. The molecule has 0 aliphatic carbocycles. The molecule has 0 spiro atoms. The third-order valence-corrected chi connectivity index (χ3v) is 4.06. The Morgan fingerprint density at radius 3 is 2.33 bits per heavy atom. The molecule has 2 N–H and O–H groups in total. The van der Waals surface area contributed by atoms with Gasteiger partial charge in [-0.15, -0.1) is 0 Å². The third kappa shape index (κ3) is 4.24. The number of nitriles is 4. The highest BCUT2D eigenvalue weighted by Crippen LogP contribution is 2.16. The summed E-state index contributed by atoms with van der Waals surface area (Å²) in [4.78, 5) is 11.6. The van der Waals surface area contributed by atoms with E-state index in [1.165, 1.54) is 13.3 Å². The van der Waals surface area contributed by atoms with Crippen LogP contribution in [0.15, 0.2) is 34.3 Å². The molecule has 0 aliphatic heterocycles. The molecular formula is C17H10N8OS. The molecule has 1 aromatic heterocycles. The number of nitrogen functional groups attached to an aromatic ring is 1. The van der Waals surface area contributed by atoms with Crippen molar-refractivity contribution in [2.75, 3.05) is 12.8 Å². The SMILES string of the molecule is COc1ccc(/C=N/C(C#N)(C#N)/N=c2/nc(N)c(C#N)c(C#N)s2)cc1. The standard InChI is InChI=1S/C17H10N8OS/c1-26-12-4-2-11(3-5-12)8-23-17(9-20,10-21)25-16-24-15(22)13(6-18)14(7-19)27-16/h2-5,8H,1H3,(H2,22,24,25)/b23-8+. The number of anilines is 1. The first-order valence-corrected chi connectivity index (χ1v) is 8.01. The maximum atomic E-state index is 9.42. The molecule has 2 rings (SSSR count). The number of aromatic nitrogens is 1. The van der Waals surface area contributed by atoms with E-state index in [-0.39, 0.29) is 21.1 Å². The van der Waals surface area contributed by atoms with Crippen molar-refractivity contribution in [2.45, 2.75) is 5.66 Å². The van der Waals surface area contributed by atoms with E-state index in [1.54, 1.807) is 42.5 Å². The highest BCUT2D eigenvalue weighted by Gasteiger charge is 2.28. The number of hydrogen-bond acceptors (Lipinski definition) is 10. The first-order chi connectivity index (χ1) is 13.0. The van der Waals surface area contributed by atoms with Gasteiger partial charge in [-0.05, 0) is 29.8 Å². The normalized spacial score (nSPS) is 11.2. The van der Waals surface area contributed by atoms with Crippen LogP contribution in [0.4, 0.5) is 5.82 Å². The van der Waals surface area contributed by atoms with Crippen molar-refractivity contribution in [3.63, 3.8) is 0 Å². The first-order valence-electron chi connectivity index (χ1n) is 7.19. The molecule has 1 aromatic carbocycles. The summed E-state index contributed by atoms with van der Waals surface area (Å²) < 4.78 is 5.05. The monoisotopic (exact) mass is 374 g/mol. The second-order valence-electron chi connectivity index (χ2n) is 4.85. The van der Waals surface area contributed by atoms with Crippen molar-refractivity contribution in [1.82, 2.24) is 4.98 Å². The van der Waals surface area contributed by atoms with Crippen molar-refractivity contribution < 1.29 is 4.74 Å². The Labute approximate surface area is 158 Å². The van der Waals surface area contributed by atoms with Gasteiger partial charge in [0.15, 0.2) is 0 Å². The van der Waals surface area contributed by atoms with Gasteiger partial charge < -0.3 is 10.5 Å². The number of nitrogens with zero attached hydrogens (tertiary/aromatic N) is 7. The average Bonchev–Trinajstić information content (AvgIpc) is 2.71. The Morgan fingerprint density at radius 2 is 1.81 bits per heavy atom. The van der Waals surface area contributed by atoms with Crippen LogP contribution < -0.4 is 15.3 Å². The molecule has 9 nitrogen and oxygen atoms in total. The molecule has 0 saturated carbocycles. The second-order valence-corrected chi connectivity index (χ2v) is 5.83. The Balaban J connectivity index is 2.53. The van der Waals surface area contributed by atoms with Crippen molar-refractivity contribution in [1.29, 1.82) is 21.0 Å². The van der Waals surface area contributed by atoms with E-state index < -0.39 is 5.66 Å². The van der Waals surface area contributed by atoms with Crippen LogP contribution in [0, 0.1) is 45.3 Å². The van der Waals surface area contributed by atoms with Gasteiger partial charge in [0.1, 0.15) is 46.3 Å². The lowest BCUT2D eigenvalue weighted by Gasteiger charge is -2.07. The van der Waals surface area contributed by atoms with Gasteiger partial charge in [-0.3, -0.25) is 0 Å². The number of ether oxygens (including phenoxy) is 1. The van der Waals surface area contributed by atoms with Crippen LogP contribution in [0.1, 0.15) is 16.0 Å². The zero-order chi connectivity index (χ0) is 19.9. The molecule has 0 amide bonds. The molecule has 0 radical (unpaired) electrons. The van der Waals surface area contributed by atoms with Crippen LogP contribution in [0.3, 0.4) is 0 Å². The van der Waals surface area contributed by atoms with Crippen LogP contribution in [-0.4, -0.2) is 24.0 Å². The zero-order valence-corrected chi connectivity index (χ0v) is 14.7. The minimum absolute atomic E-state index is 0.0207. The highest BCUT2D eigenvalue weighted by molar-refractivity contribution is 7.09. The van der Waals surface area contributed by atoms with Gasteiger partial charge in [0.2, 0.25) is 4.80 Å². The van der Waals surface area contributed by atoms with Gasteiger partial charge in [-0.1, -0.05) is 11.3 Å². The number of benzene rings is 1. The minimum atomic E-state index is -2.11. The van der Waals surface area contributed by atoms with Crippen molar-refractivity contribution in [3.8, 4) is 30.0 Å². The number of hydrogen-bond donors (Lipinski definition) is 1. The zero-order valence-electron chi connectivity index (χ0n) is 13.9. The molecule has 0 saturated heterocycles. The summed E-state index contributed by atoms with van der Waals surface area (Å²) in [5.41, 5.74) is 4.07. The highest BCUT2D eigenvalue weighted by atomic mass is 32.1. The van der Waals surface area contributed by atoms with Crippen LogP contribution >= 0.6 is 11.3 Å². The van der Waals surface area contributed by atoms with Crippen LogP contribution in [0.5, 0.6) is 5.75 Å². The van der Waals surface area contributed by atoms with E-state index in [4.69, 9.17) is 21.0 Å². The molecule has 0 fully saturated rings. The maximum Gasteiger partial charge on any atom is 0.328 e. The Morgan fingerprint density at radius 1 is 1.15 bits per heavy atom. The summed E-state index contributed by atoms with van der Waals surface area (Å²) in [7, 11) is 1.53. The largest absolute Gasteiger partial charge is 0.497 e. The fraction of sp³-hybridized carbons (Fsp3) is 0.118. The summed E-state index contributed by atoms with van der Waals surface area (Å²) in [6, 6.07) is 13.8. The van der Waals surface area contributed by atoms with E-state index in [9.17, 15) is 10.5 Å². The predicted molar refractivity (Wildman–Crippen MR) is 96.1 cm³/mol. The Bertz CT molecular complexity index is 1110. The van der Waals surface area contributed by atoms with Gasteiger partial charge in [-0.25, -0.2) is 9.98 Å². The van der Waals surface area contributed by atoms with E-state index in [1.807, 2.05) is 6.07 Å². The topological polar surface area (TPSA) is 168 Å². The van der Waals surface area contributed by atoms with Crippen LogP contribution in [0.25, 0.3) is 0 Å². The van der Waals surface area contributed by atoms with Gasteiger partial charge in [0.05, 0.1) is 7.11 Å². The molecule has 2 aromatic rings. The molecular weight excluding hydrogens is 364 g/mol. The van der Waals surface area contributed by atoms with Crippen molar-refractivity contribution in [3.05, 3.63) is 45.1 Å². The van der Waals surface area contributed by atoms with Gasteiger partial charge >= 0.3 is 5.66 Å². The lowest BCUT2D eigenvalue weighted by Crippen LogP contribution is -2.24. The number of nitrogens with two attached hydrogens (primary N) is 1. The average molecular weight is 374 g/mol. The fourth-order valence-corrected chi connectivity index (χ4v) is 2.64. The summed E-state index contributed by atoms with van der Waals surface area (Å²) in [6.45, 7) is 0. The quantitative estimate of drug-likeness (QED) is 0.785. The molecule has 10 heteroatoms. The summed E-state index contributed by atoms with van der Waals surface area (Å²) >= 11 is 0.738. The predicted octanol–water partition coefficient (Wildman–Crippen LogP) is 1.24. The van der Waals surface area contributed by atoms with Crippen LogP contribution in [-0.2, 0) is 0 Å². The molecule has 0 unspecified atom stereocenters. The van der Waals surface area contributed by atoms with E-state index in [0.29, 0.717) is 11.3 Å². The van der Waals surface area contributed by atoms with Gasteiger partial charge in [0.25, 0.3) is 0 Å². The smallest absolute Gasteiger partial charge is 0.328 e. The Hall–Kier alpha value is -4.25. The van der Waals surface area contributed by atoms with E-state index in [2.05, 4.69) is 15.0 Å². The van der Waals surface area contributed by atoms with Gasteiger partial charge in [0, 0.05) is 6.21 Å². The number of rotatable bonds is 4. The molecule has 27 heavy (non-hydrogen) atoms. The minimum Gasteiger partial charge on any atom is -0.497 e. The summed E-state index contributed by atoms with van der Waals surface area (Å²) in [6.07, 6.45) is 1.32. The van der Waals surface area contributed by atoms with Crippen molar-refractivity contribution in [2.24, 2.45) is 9.98 Å². The lowest BCUT2D eigenvalue weighted by molar-refractivity contribution is 0.415. The first kappa shape index (κ1) is 19.1. The lowest BCUT2D eigenvalue weighted by atomic mass is 10.2. The molecule has 1 heterocycles. The van der Waals surface area contributed by atoms with Crippen molar-refractivity contribution >= 4 is 23.4 Å². The third-order valence-electron chi connectivity index (χ3n) is 3.19. The fourth-order valence-electron chi connectivity index (χ4n) is 1.83. The summed E-state index contributed by atoms with van der Waals surface area (Å²) in [5.74, 6) is 0.433. The molecule has 0 aliphatic rings. The molecule has 0 bridgehead atoms. The Kier molecular flexibility index (Phi) is 5.81. The van der Waals surface area contributed by atoms with E-state index in [0.717, 1.165) is 11.3 Å².